The lowest BCUT2D eigenvalue weighted by atomic mass is 10.2. The number of amides is 1. The van der Waals surface area contributed by atoms with Crippen molar-refractivity contribution in [2.75, 3.05) is 24.7 Å². The van der Waals surface area contributed by atoms with Crippen LogP contribution < -0.4 is 0 Å². The molecule has 0 aromatic heterocycles. The third-order valence-electron chi connectivity index (χ3n) is 4.10. The largest absolute Gasteiger partial charge is 0.341 e. The summed E-state index contributed by atoms with van der Waals surface area (Å²) in [5.41, 5.74) is 0.824. The van der Waals surface area contributed by atoms with Crippen molar-refractivity contribution in [1.29, 1.82) is 0 Å². The molecule has 3 rings (SSSR count). The zero-order valence-corrected chi connectivity index (χ0v) is 14.4. The first-order chi connectivity index (χ1) is 11.1. The van der Waals surface area contributed by atoms with Crippen molar-refractivity contribution < 1.29 is 13.2 Å². The van der Waals surface area contributed by atoms with Crippen molar-refractivity contribution in [1.82, 2.24) is 9.21 Å². The summed E-state index contributed by atoms with van der Waals surface area (Å²) in [7, 11) is -3.60. The van der Waals surface area contributed by atoms with Gasteiger partial charge in [0.2, 0.25) is 15.9 Å². The van der Waals surface area contributed by atoms with E-state index in [1.54, 1.807) is 11.0 Å². The van der Waals surface area contributed by atoms with E-state index in [4.69, 9.17) is 0 Å². The Labute approximate surface area is 141 Å². The molecule has 0 radical (unpaired) electrons. The highest BCUT2D eigenvalue weighted by Crippen LogP contribution is 2.27. The fourth-order valence-corrected chi connectivity index (χ4v) is 5.75. The van der Waals surface area contributed by atoms with Gasteiger partial charge < -0.3 is 4.90 Å². The maximum absolute atomic E-state index is 12.6. The lowest BCUT2D eigenvalue weighted by Gasteiger charge is -2.25. The second kappa shape index (κ2) is 7.07. The number of sulfonamides is 1. The number of thioether (sulfide) groups is 1. The van der Waals surface area contributed by atoms with Gasteiger partial charge in [-0.25, -0.2) is 8.42 Å². The molecule has 1 aromatic rings. The van der Waals surface area contributed by atoms with Crippen LogP contribution in [0.25, 0.3) is 6.08 Å². The summed E-state index contributed by atoms with van der Waals surface area (Å²) in [6, 6.07) is 8.72. The molecule has 0 aliphatic carbocycles. The molecule has 2 saturated heterocycles. The molecule has 0 unspecified atom stereocenters. The van der Waals surface area contributed by atoms with Gasteiger partial charge in [0, 0.05) is 24.3 Å². The highest BCUT2D eigenvalue weighted by molar-refractivity contribution is 8.01. The van der Waals surface area contributed by atoms with E-state index in [0.29, 0.717) is 11.6 Å². The van der Waals surface area contributed by atoms with Crippen molar-refractivity contribution in [3.63, 3.8) is 0 Å². The van der Waals surface area contributed by atoms with Crippen LogP contribution in [0.15, 0.2) is 35.7 Å². The smallest absolute Gasteiger partial charge is 0.241 e. The van der Waals surface area contributed by atoms with Crippen molar-refractivity contribution >= 4 is 33.8 Å². The van der Waals surface area contributed by atoms with Crippen LogP contribution in [0.4, 0.5) is 0 Å². The Morgan fingerprint density at radius 2 is 1.87 bits per heavy atom. The average Bonchev–Trinajstić information content (AvgIpc) is 3.25. The van der Waals surface area contributed by atoms with Gasteiger partial charge in [-0.05, 0) is 24.5 Å². The Morgan fingerprint density at radius 1 is 1.17 bits per heavy atom. The molecule has 5 nitrogen and oxygen atoms in total. The Kier molecular flexibility index (Phi) is 5.08. The Balaban J connectivity index is 1.75. The molecule has 124 valence electrons. The maximum atomic E-state index is 12.6. The molecule has 1 atom stereocenters. The van der Waals surface area contributed by atoms with Gasteiger partial charge in [0.15, 0.2) is 0 Å². The van der Waals surface area contributed by atoms with Crippen molar-refractivity contribution in [3.05, 3.63) is 41.3 Å². The summed E-state index contributed by atoms with van der Waals surface area (Å²) in [5, 5.41) is 1.21. The van der Waals surface area contributed by atoms with E-state index in [2.05, 4.69) is 0 Å². The fourth-order valence-electron chi connectivity index (χ4n) is 2.83. The van der Waals surface area contributed by atoms with Gasteiger partial charge in [-0.3, -0.25) is 4.79 Å². The Hall–Kier alpha value is -1.31. The molecule has 0 spiro atoms. The highest BCUT2D eigenvalue weighted by atomic mass is 32.2. The molecular weight excluding hydrogens is 332 g/mol. The summed E-state index contributed by atoms with van der Waals surface area (Å²) in [5.74, 6) is 0.823. The molecular formula is C16H20N2O3S2. The maximum Gasteiger partial charge on any atom is 0.241 e. The van der Waals surface area contributed by atoms with Crippen LogP contribution in [0.1, 0.15) is 18.4 Å². The van der Waals surface area contributed by atoms with Gasteiger partial charge in [-0.2, -0.15) is 4.31 Å². The first kappa shape index (κ1) is 16.5. The molecule has 0 saturated carbocycles. The quantitative estimate of drug-likeness (QED) is 0.831. The molecule has 1 amide bonds. The second-order valence-electron chi connectivity index (χ2n) is 5.69. The number of carbonyl (C=O) groups is 1. The molecule has 0 N–H and O–H groups in total. The molecule has 2 heterocycles. The van der Waals surface area contributed by atoms with E-state index in [1.807, 2.05) is 30.3 Å². The SMILES string of the molecule is O=C([C@@H]1CSCN1S(=O)(=O)/C=C\c1ccccc1)N1CCCC1. The lowest BCUT2D eigenvalue weighted by Crippen LogP contribution is -2.47. The minimum Gasteiger partial charge on any atom is -0.341 e. The Bertz CT molecular complexity index is 683. The zero-order chi connectivity index (χ0) is 16.3. The zero-order valence-electron chi connectivity index (χ0n) is 12.8. The van der Waals surface area contributed by atoms with Gasteiger partial charge in [-0.1, -0.05) is 30.3 Å². The number of hydrogen-bond acceptors (Lipinski definition) is 4. The van der Waals surface area contributed by atoms with Crippen LogP contribution in [0.3, 0.4) is 0 Å². The summed E-state index contributed by atoms with van der Waals surface area (Å²) in [4.78, 5) is 14.4. The topological polar surface area (TPSA) is 57.7 Å². The highest BCUT2D eigenvalue weighted by Gasteiger charge is 2.40. The van der Waals surface area contributed by atoms with Gasteiger partial charge in [0.05, 0.1) is 5.88 Å². The summed E-state index contributed by atoms with van der Waals surface area (Å²) < 4.78 is 26.5. The van der Waals surface area contributed by atoms with Crippen LogP contribution in [0, 0.1) is 0 Å². The number of rotatable bonds is 4. The van der Waals surface area contributed by atoms with Crippen LogP contribution in [0.5, 0.6) is 0 Å². The Morgan fingerprint density at radius 3 is 2.57 bits per heavy atom. The van der Waals surface area contributed by atoms with E-state index in [-0.39, 0.29) is 5.91 Å². The van der Waals surface area contributed by atoms with Gasteiger partial charge in [-0.15, -0.1) is 11.8 Å². The number of nitrogens with zero attached hydrogens (tertiary/aromatic N) is 2. The van der Waals surface area contributed by atoms with Gasteiger partial charge >= 0.3 is 0 Å². The molecule has 2 fully saturated rings. The molecule has 2 aliphatic rings. The van der Waals surface area contributed by atoms with E-state index in [1.165, 1.54) is 21.5 Å². The predicted molar refractivity (Wildman–Crippen MR) is 93.2 cm³/mol. The molecule has 1 aromatic carbocycles. The molecule has 7 heteroatoms. The minimum atomic E-state index is -3.60. The van der Waals surface area contributed by atoms with Crippen LogP contribution in [-0.4, -0.2) is 54.3 Å². The van der Waals surface area contributed by atoms with E-state index < -0.39 is 16.1 Å². The predicted octanol–water partition coefficient (Wildman–Crippen LogP) is 1.98. The van der Waals surface area contributed by atoms with Crippen molar-refractivity contribution in [2.45, 2.75) is 18.9 Å². The fraction of sp³-hybridized carbons (Fsp3) is 0.438. The first-order valence-corrected chi connectivity index (χ1v) is 10.4. The molecule has 0 bridgehead atoms. The number of hydrogen-bond donors (Lipinski definition) is 0. The standard InChI is InChI=1S/C16H20N2O3S2/c19-16(17-9-4-5-10-17)15-12-22-13-18(15)23(20,21)11-8-14-6-2-1-3-7-14/h1-3,6-8,11,15H,4-5,9-10,12-13H2/b11-8-/t15-/m0/s1. The third-order valence-corrected chi connectivity index (χ3v) is 6.80. The lowest BCUT2D eigenvalue weighted by molar-refractivity contribution is -0.133. The van der Waals surface area contributed by atoms with Crippen molar-refractivity contribution in [2.24, 2.45) is 0 Å². The van der Waals surface area contributed by atoms with Crippen LogP contribution in [-0.2, 0) is 14.8 Å². The van der Waals surface area contributed by atoms with E-state index >= 15 is 0 Å². The minimum absolute atomic E-state index is 0.0517. The van der Waals surface area contributed by atoms with Gasteiger partial charge in [0.1, 0.15) is 6.04 Å². The monoisotopic (exact) mass is 352 g/mol. The van der Waals surface area contributed by atoms with Gasteiger partial charge in [0.25, 0.3) is 0 Å². The van der Waals surface area contributed by atoms with Crippen molar-refractivity contribution in [3.8, 4) is 0 Å². The number of benzene rings is 1. The second-order valence-corrected chi connectivity index (χ2v) is 8.46. The molecule has 23 heavy (non-hydrogen) atoms. The normalized spacial score (nSPS) is 23.0. The summed E-state index contributed by atoms with van der Waals surface area (Å²) >= 11 is 1.49. The number of likely N-dealkylation sites (tertiary alicyclic amines) is 1. The third kappa shape index (κ3) is 3.79. The first-order valence-electron chi connectivity index (χ1n) is 7.69. The van der Waals surface area contributed by atoms with E-state index in [9.17, 15) is 13.2 Å². The summed E-state index contributed by atoms with van der Waals surface area (Å²) in [6.45, 7) is 1.49. The van der Waals surface area contributed by atoms with E-state index in [0.717, 1.165) is 31.5 Å². The van der Waals surface area contributed by atoms with Crippen LogP contribution >= 0.6 is 11.8 Å². The number of carbonyl (C=O) groups excluding carboxylic acids is 1. The molecule has 2 aliphatic heterocycles. The van der Waals surface area contributed by atoms with Crippen LogP contribution in [0.2, 0.25) is 0 Å². The average molecular weight is 352 g/mol. The summed E-state index contributed by atoms with van der Waals surface area (Å²) in [6.07, 6.45) is 3.59.